The third kappa shape index (κ3) is 3.58. The number of allylic oxidation sites excluding steroid dienone is 1. The second-order valence-electron chi connectivity index (χ2n) is 4.08. The number of amides is 1. The molecule has 0 spiro atoms. The van der Waals surface area contributed by atoms with Gasteiger partial charge in [0.1, 0.15) is 22.4 Å². The van der Waals surface area contributed by atoms with Crippen molar-refractivity contribution in [3.63, 3.8) is 0 Å². The van der Waals surface area contributed by atoms with Gasteiger partial charge >= 0.3 is 0 Å². The van der Waals surface area contributed by atoms with Gasteiger partial charge in [-0.3, -0.25) is 10.2 Å². The predicted octanol–water partition coefficient (Wildman–Crippen LogP) is 1.96. The van der Waals surface area contributed by atoms with Gasteiger partial charge in [0.15, 0.2) is 0 Å². The first-order valence-electron chi connectivity index (χ1n) is 5.98. The average molecular weight is 300 g/mol. The van der Waals surface area contributed by atoms with Crippen LogP contribution in [0.25, 0.3) is 5.57 Å². The summed E-state index contributed by atoms with van der Waals surface area (Å²) in [7, 11) is 0. The number of phenolic OH excluding ortho intramolecular Hbond substituents is 1. The van der Waals surface area contributed by atoms with Crippen molar-refractivity contribution in [1.82, 2.24) is 15.8 Å². The summed E-state index contributed by atoms with van der Waals surface area (Å²) < 4.78 is 0. The van der Waals surface area contributed by atoms with Gasteiger partial charge in [-0.1, -0.05) is 12.1 Å². The topological polar surface area (TPSA) is 98.0 Å². The summed E-state index contributed by atoms with van der Waals surface area (Å²) in [6.07, 6.45) is 1.36. The van der Waals surface area contributed by atoms with E-state index in [9.17, 15) is 9.90 Å². The number of carbonyl (C=O) groups is 1. The monoisotopic (exact) mass is 300 g/mol. The van der Waals surface area contributed by atoms with Crippen LogP contribution >= 0.6 is 11.3 Å². The van der Waals surface area contributed by atoms with E-state index in [1.807, 2.05) is 18.4 Å². The van der Waals surface area contributed by atoms with Crippen LogP contribution in [0.5, 0.6) is 5.75 Å². The predicted molar refractivity (Wildman–Crippen MR) is 79.1 cm³/mol. The summed E-state index contributed by atoms with van der Waals surface area (Å²) in [4.78, 5) is 16.0. The Morgan fingerprint density at radius 3 is 2.86 bits per heavy atom. The largest absolute Gasteiger partial charge is 0.507 e. The van der Waals surface area contributed by atoms with E-state index in [2.05, 4.69) is 15.8 Å². The molecule has 0 aliphatic carbocycles. The molecular formula is C14H12N4O2S. The van der Waals surface area contributed by atoms with Gasteiger partial charge in [-0.25, -0.2) is 4.98 Å². The SMILES string of the molecule is Cc1csc(/C(C#N)=C/NNC(=O)c2ccccc2O)n1. The number of para-hydroxylation sites is 1. The van der Waals surface area contributed by atoms with E-state index in [4.69, 9.17) is 5.26 Å². The first-order valence-corrected chi connectivity index (χ1v) is 6.86. The molecule has 0 radical (unpaired) electrons. The van der Waals surface area contributed by atoms with E-state index in [-0.39, 0.29) is 11.3 Å². The molecule has 2 rings (SSSR count). The van der Waals surface area contributed by atoms with Crippen molar-refractivity contribution in [2.75, 3.05) is 0 Å². The van der Waals surface area contributed by atoms with Crippen LogP contribution < -0.4 is 10.9 Å². The van der Waals surface area contributed by atoms with E-state index in [0.717, 1.165) is 5.69 Å². The smallest absolute Gasteiger partial charge is 0.273 e. The summed E-state index contributed by atoms with van der Waals surface area (Å²) >= 11 is 1.35. The lowest BCUT2D eigenvalue weighted by Crippen LogP contribution is -2.33. The molecule has 0 aliphatic rings. The van der Waals surface area contributed by atoms with E-state index >= 15 is 0 Å². The van der Waals surface area contributed by atoms with Gasteiger partial charge in [0, 0.05) is 17.3 Å². The summed E-state index contributed by atoms with van der Waals surface area (Å²) in [5, 5.41) is 21.0. The number of nitrogens with zero attached hydrogens (tertiary/aromatic N) is 2. The Morgan fingerprint density at radius 1 is 1.48 bits per heavy atom. The minimum absolute atomic E-state index is 0.114. The van der Waals surface area contributed by atoms with Crippen LogP contribution in [0.4, 0.5) is 0 Å². The number of aromatic hydroxyl groups is 1. The zero-order valence-electron chi connectivity index (χ0n) is 11.1. The number of rotatable bonds is 4. The van der Waals surface area contributed by atoms with Gasteiger partial charge < -0.3 is 10.5 Å². The molecule has 0 unspecified atom stereocenters. The molecule has 1 aromatic carbocycles. The molecule has 0 fully saturated rings. The Kier molecular flexibility index (Phi) is 4.53. The zero-order valence-corrected chi connectivity index (χ0v) is 11.9. The van der Waals surface area contributed by atoms with Crippen LogP contribution in [0.15, 0.2) is 35.8 Å². The molecule has 3 N–H and O–H groups in total. The highest BCUT2D eigenvalue weighted by molar-refractivity contribution is 7.10. The summed E-state index contributed by atoms with van der Waals surface area (Å²) in [6, 6.07) is 8.18. The fourth-order valence-electron chi connectivity index (χ4n) is 1.53. The molecule has 1 amide bonds. The Bertz CT molecular complexity index is 731. The maximum absolute atomic E-state index is 11.8. The summed E-state index contributed by atoms with van der Waals surface area (Å²) in [6.45, 7) is 1.84. The first kappa shape index (κ1) is 14.6. The molecule has 0 saturated heterocycles. The van der Waals surface area contributed by atoms with Crippen LogP contribution in [0.3, 0.4) is 0 Å². The van der Waals surface area contributed by atoms with Gasteiger partial charge in [0.2, 0.25) is 0 Å². The summed E-state index contributed by atoms with van der Waals surface area (Å²) in [5.41, 5.74) is 6.20. The number of nitrogens with one attached hydrogen (secondary N) is 2. The van der Waals surface area contributed by atoms with Crippen LogP contribution in [0.2, 0.25) is 0 Å². The molecular weight excluding hydrogens is 288 g/mol. The van der Waals surface area contributed by atoms with Gasteiger partial charge in [-0.15, -0.1) is 11.3 Å². The van der Waals surface area contributed by atoms with Crippen molar-refractivity contribution in [2.45, 2.75) is 6.92 Å². The molecule has 0 saturated carbocycles. The normalized spacial score (nSPS) is 10.8. The van der Waals surface area contributed by atoms with Crippen molar-refractivity contribution >= 4 is 22.8 Å². The maximum atomic E-state index is 11.8. The van der Waals surface area contributed by atoms with Crippen LogP contribution in [0, 0.1) is 18.3 Å². The van der Waals surface area contributed by atoms with Crippen molar-refractivity contribution in [3.05, 3.63) is 52.1 Å². The molecule has 0 atom stereocenters. The number of carbonyl (C=O) groups excluding carboxylic acids is 1. The second-order valence-corrected chi connectivity index (χ2v) is 4.94. The van der Waals surface area contributed by atoms with E-state index < -0.39 is 5.91 Å². The number of aryl methyl sites for hydroxylation is 1. The van der Waals surface area contributed by atoms with Crippen molar-refractivity contribution < 1.29 is 9.90 Å². The van der Waals surface area contributed by atoms with Crippen molar-refractivity contribution in [2.24, 2.45) is 0 Å². The minimum atomic E-state index is -0.503. The van der Waals surface area contributed by atoms with E-state index in [1.165, 1.54) is 29.7 Å². The number of thiazole rings is 1. The molecule has 1 heterocycles. The van der Waals surface area contributed by atoms with Gasteiger partial charge in [-0.05, 0) is 19.1 Å². The highest BCUT2D eigenvalue weighted by atomic mass is 32.1. The van der Waals surface area contributed by atoms with Gasteiger partial charge in [-0.2, -0.15) is 5.26 Å². The molecule has 21 heavy (non-hydrogen) atoms. The molecule has 6 nitrogen and oxygen atoms in total. The Morgan fingerprint density at radius 2 is 2.24 bits per heavy atom. The maximum Gasteiger partial charge on any atom is 0.273 e. The van der Waals surface area contributed by atoms with Crippen LogP contribution in [0.1, 0.15) is 21.1 Å². The third-order valence-electron chi connectivity index (χ3n) is 2.52. The quantitative estimate of drug-likeness (QED) is 0.592. The van der Waals surface area contributed by atoms with Crippen LogP contribution in [-0.2, 0) is 0 Å². The fourth-order valence-corrected chi connectivity index (χ4v) is 2.29. The molecule has 2 aromatic rings. The lowest BCUT2D eigenvalue weighted by molar-refractivity contribution is 0.0938. The number of hydrazine groups is 1. The van der Waals surface area contributed by atoms with Gasteiger partial charge in [0.05, 0.1) is 5.56 Å². The third-order valence-corrected chi connectivity index (χ3v) is 3.51. The van der Waals surface area contributed by atoms with Gasteiger partial charge in [0.25, 0.3) is 5.91 Å². The molecule has 0 aliphatic heterocycles. The Labute approximate surface area is 125 Å². The highest BCUT2D eigenvalue weighted by Gasteiger charge is 2.09. The summed E-state index contributed by atoms with van der Waals surface area (Å²) in [5.74, 6) is -0.617. The second kappa shape index (κ2) is 6.54. The molecule has 7 heteroatoms. The number of hydrogen-bond donors (Lipinski definition) is 3. The number of nitriles is 1. The lowest BCUT2D eigenvalue weighted by atomic mass is 10.2. The molecule has 106 valence electrons. The standard InChI is InChI=1S/C14H12N4O2S/c1-9-8-21-14(17-9)10(6-15)7-16-18-13(20)11-4-2-3-5-12(11)19/h2-5,7-8,16,19H,1H3,(H,18,20)/b10-7+. The lowest BCUT2D eigenvalue weighted by Gasteiger charge is -2.06. The Balaban J connectivity index is 2.03. The fraction of sp³-hybridized carbons (Fsp3) is 0.0714. The van der Waals surface area contributed by atoms with E-state index in [1.54, 1.807) is 12.1 Å². The number of aromatic nitrogens is 1. The minimum Gasteiger partial charge on any atom is -0.507 e. The average Bonchev–Trinajstić information content (AvgIpc) is 2.90. The first-order chi connectivity index (χ1) is 10.1. The van der Waals surface area contributed by atoms with Crippen molar-refractivity contribution in [3.8, 4) is 11.8 Å². The molecule has 0 bridgehead atoms. The highest BCUT2D eigenvalue weighted by Crippen LogP contribution is 2.18. The van der Waals surface area contributed by atoms with E-state index in [0.29, 0.717) is 10.6 Å². The van der Waals surface area contributed by atoms with Crippen molar-refractivity contribution in [1.29, 1.82) is 5.26 Å². The number of hydrogen-bond acceptors (Lipinski definition) is 6. The Hall–Kier alpha value is -2.85. The number of benzene rings is 1. The zero-order chi connectivity index (χ0) is 15.2. The number of phenols is 1. The molecule has 1 aromatic heterocycles. The van der Waals surface area contributed by atoms with Crippen LogP contribution in [-0.4, -0.2) is 16.0 Å².